The number of nitrogens with zero attached hydrogens (tertiary/aromatic N) is 3. The molecule has 1 saturated carbocycles. The summed E-state index contributed by atoms with van der Waals surface area (Å²) in [7, 11) is 0. The smallest absolute Gasteiger partial charge is 0.320 e. The highest BCUT2D eigenvalue weighted by Gasteiger charge is 2.44. The number of aryl methyl sites for hydroxylation is 1. The summed E-state index contributed by atoms with van der Waals surface area (Å²) in [5, 5.41) is 15.6. The normalized spacial score (nSPS) is 25.6. The van der Waals surface area contributed by atoms with Crippen molar-refractivity contribution in [3.63, 3.8) is 0 Å². The molecule has 8 heteroatoms. The molecule has 1 N–H and O–H groups in total. The van der Waals surface area contributed by atoms with E-state index >= 15 is 0 Å². The fourth-order valence-electron chi connectivity index (χ4n) is 4.39. The molecule has 2 aromatic heterocycles. The second kappa shape index (κ2) is 8.50. The zero-order chi connectivity index (χ0) is 17.2. The SMILES string of the molecule is Cl.O=C(O)C1CC2CCCCC2N1CCCc1nc(-c2cccs2)no1. The third-order valence-corrected chi connectivity index (χ3v) is 6.39. The van der Waals surface area contributed by atoms with Crippen molar-refractivity contribution in [2.75, 3.05) is 6.54 Å². The van der Waals surface area contributed by atoms with Gasteiger partial charge in [-0.25, -0.2) is 0 Å². The molecule has 2 aromatic rings. The van der Waals surface area contributed by atoms with E-state index in [-0.39, 0.29) is 18.4 Å². The number of carboxylic acids is 1. The summed E-state index contributed by atoms with van der Waals surface area (Å²) in [6.07, 6.45) is 7.13. The largest absolute Gasteiger partial charge is 0.480 e. The number of likely N-dealkylation sites (tertiary alicyclic amines) is 1. The maximum Gasteiger partial charge on any atom is 0.320 e. The molecule has 142 valence electrons. The molecule has 0 aromatic carbocycles. The predicted octanol–water partition coefficient (Wildman–Crippen LogP) is 3.87. The lowest BCUT2D eigenvalue weighted by Gasteiger charge is -2.32. The van der Waals surface area contributed by atoms with E-state index in [0.717, 1.165) is 30.7 Å². The third-order valence-electron chi connectivity index (χ3n) is 5.52. The van der Waals surface area contributed by atoms with Crippen LogP contribution in [0.4, 0.5) is 0 Å². The van der Waals surface area contributed by atoms with Crippen LogP contribution in [0, 0.1) is 5.92 Å². The number of carbonyl (C=O) groups is 1. The Hall–Kier alpha value is -1.44. The Morgan fingerprint density at radius 2 is 2.23 bits per heavy atom. The number of hydrogen-bond acceptors (Lipinski definition) is 6. The number of thiophene rings is 1. The average Bonchev–Trinajstić information content (AvgIpc) is 3.34. The molecular weight excluding hydrogens is 374 g/mol. The molecule has 0 bridgehead atoms. The van der Waals surface area contributed by atoms with Crippen molar-refractivity contribution in [2.24, 2.45) is 5.92 Å². The van der Waals surface area contributed by atoms with Crippen LogP contribution in [0.25, 0.3) is 10.7 Å². The molecule has 3 heterocycles. The first-order valence-corrected chi connectivity index (χ1v) is 9.95. The number of aliphatic carboxylic acids is 1. The number of hydrogen-bond donors (Lipinski definition) is 1. The van der Waals surface area contributed by atoms with Crippen LogP contribution in [-0.4, -0.2) is 44.7 Å². The number of fused-ring (bicyclic) bond motifs is 1. The summed E-state index contributed by atoms with van der Waals surface area (Å²) in [6, 6.07) is 4.07. The second-order valence-electron chi connectivity index (χ2n) is 7.03. The molecule has 2 fully saturated rings. The Kier molecular flexibility index (Phi) is 6.32. The monoisotopic (exact) mass is 397 g/mol. The Morgan fingerprint density at radius 1 is 1.38 bits per heavy atom. The lowest BCUT2D eigenvalue weighted by molar-refractivity contribution is -0.142. The van der Waals surface area contributed by atoms with Gasteiger partial charge >= 0.3 is 5.97 Å². The molecule has 1 saturated heterocycles. The number of rotatable bonds is 6. The van der Waals surface area contributed by atoms with Gasteiger partial charge in [-0.15, -0.1) is 23.7 Å². The van der Waals surface area contributed by atoms with E-state index in [1.165, 1.54) is 19.3 Å². The van der Waals surface area contributed by atoms with Gasteiger partial charge in [-0.1, -0.05) is 24.1 Å². The second-order valence-corrected chi connectivity index (χ2v) is 7.98. The van der Waals surface area contributed by atoms with E-state index < -0.39 is 5.97 Å². The molecule has 3 atom stereocenters. The lowest BCUT2D eigenvalue weighted by atomic mass is 9.85. The van der Waals surface area contributed by atoms with Crippen molar-refractivity contribution in [3.05, 3.63) is 23.4 Å². The van der Waals surface area contributed by atoms with Crippen LogP contribution in [0.15, 0.2) is 22.0 Å². The minimum Gasteiger partial charge on any atom is -0.480 e. The zero-order valence-electron chi connectivity index (χ0n) is 14.5. The van der Waals surface area contributed by atoms with E-state index in [4.69, 9.17) is 4.52 Å². The van der Waals surface area contributed by atoms with Crippen molar-refractivity contribution in [1.82, 2.24) is 15.0 Å². The van der Waals surface area contributed by atoms with Crippen molar-refractivity contribution >= 4 is 29.7 Å². The summed E-state index contributed by atoms with van der Waals surface area (Å²) in [4.78, 5) is 19.3. The van der Waals surface area contributed by atoms with Gasteiger partial charge in [-0.05, 0) is 49.6 Å². The highest BCUT2D eigenvalue weighted by molar-refractivity contribution is 7.13. The Bertz CT molecular complexity index is 721. The van der Waals surface area contributed by atoms with Crippen LogP contribution in [0.1, 0.15) is 44.4 Å². The molecule has 4 rings (SSSR count). The zero-order valence-corrected chi connectivity index (χ0v) is 16.2. The molecule has 1 aliphatic heterocycles. The van der Waals surface area contributed by atoms with E-state index in [1.54, 1.807) is 11.3 Å². The quantitative estimate of drug-likeness (QED) is 0.796. The van der Waals surface area contributed by atoms with Gasteiger partial charge in [0.1, 0.15) is 6.04 Å². The first-order valence-electron chi connectivity index (χ1n) is 9.07. The molecule has 0 radical (unpaired) electrons. The Labute approximate surface area is 163 Å². The third kappa shape index (κ3) is 3.94. The van der Waals surface area contributed by atoms with Gasteiger partial charge in [0.2, 0.25) is 11.7 Å². The van der Waals surface area contributed by atoms with Gasteiger partial charge in [-0.2, -0.15) is 4.98 Å². The molecular formula is C18H24ClN3O3S. The fraction of sp³-hybridized carbons (Fsp3) is 0.611. The van der Waals surface area contributed by atoms with Gasteiger partial charge in [0.15, 0.2) is 0 Å². The van der Waals surface area contributed by atoms with E-state index in [1.807, 2.05) is 17.5 Å². The van der Waals surface area contributed by atoms with Crippen LogP contribution in [0.2, 0.25) is 0 Å². The van der Waals surface area contributed by atoms with Gasteiger partial charge in [-0.3, -0.25) is 9.69 Å². The Balaban J connectivity index is 0.00000196. The molecule has 0 amide bonds. The van der Waals surface area contributed by atoms with Crippen molar-refractivity contribution in [3.8, 4) is 10.7 Å². The average molecular weight is 398 g/mol. The highest BCUT2D eigenvalue weighted by atomic mass is 35.5. The van der Waals surface area contributed by atoms with Crippen molar-refractivity contribution in [2.45, 2.75) is 57.0 Å². The van der Waals surface area contributed by atoms with Crippen LogP contribution in [0.5, 0.6) is 0 Å². The summed E-state index contributed by atoms with van der Waals surface area (Å²) in [5.41, 5.74) is 0. The van der Waals surface area contributed by atoms with Gasteiger partial charge in [0.25, 0.3) is 0 Å². The van der Waals surface area contributed by atoms with E-state index in [9.17, 15) is 9.90 Å². The van der Waals surface area contributed by atoms with Gasteiger partial charge < -0.3 is 9.63 Å². The van der Waals surface area contributed by atoms with E-state index in [2.05, 4.69) is 15.0 Å². The first kappa shape index (κ1) is 19.3. The van der Waals surface area contributed by atoms with Crippen molar-refractivity contribution in [1.29, 1.82) is 0 Å². The maximum absolute atomic E-state index is 11.6. The lowest BCUT2D eigenvalue weighted by Crippen LogP contribution is -2.42. The van der Waals surface area contributed by atoms with Crippen LogP contribution >= 0.6 is 23.7 Å². The van der Waals surface area contributed by atoms with E-state index in [0.29, 0.717) is 30.1 Å². The summed E-state index contributed by atoms with van der Waals surface area (Å²) in [6.45, 7) is 0.787. The molecule has 3 unspecified atom stereocenters. The summed E-state index contributed by atoms with van der Waals surface area (Å²) in [5.74, 6) is 1.16. The van der Waals surface area contributed by atoms with Crippen molar-refractivity contribution < 1.29 is 14.4 Å². The fourth-order valence-corrected chi connectivity index (χ4v) is 5.04. The molecule has 1 aliphatic carbocycles. The summed E-state index contributed by atoms with van der Waals surface area (Å²) >= 11 is 1.59. The summed E-state index contributed by atoms with van der Waals surface area (Å²) < 4.78 is 5.34. The highest BCUT2D eigenvalue weighted by Crippen LogP contribution is 2.39. The van der Waals surface area contributed by atoms with Crippen LogP contribution in [0.3, 0.4) is 0 Å². The molecule has 26 heavy (non-hydrogen) atoms. The van der Waals surface area contributed by atoms with Crippen LogP contribution < -0.4 is 0 Å². The van der Waals surface area contributed by atoms with Gasteiger partial charge in [0, 0.05) is 12.5 Å². The Morgan fingerprint density at radius 3 is 3.00 bits per heavy atom. The predicted molar refractivity (Wildman–Crippen MR) is 102 cm³/mol. The van der Waals surface area contributed by atoms with Crippen LogP contribution in [-0.2, 0) is 11.2 Å². The molecule has 2 aliphatic rings. The molecule has 6 nitrogen and oxygen atoms in total. The first-order chi connectivity index (χ1) is 12.2. The minimum absolute atomic E-state index is 0. The topological polar surface area (TPSA) is 79.5 Å². The van der Waals surface area contributed by atoms with Gasteiger partial charge in [0.05, 0.1) is 4.88 Å². The number of aromatic nitrogens is 2. The molecule has 0 spiro atoms. The standard InChI is InChI=1S/C18H23N3O3S.ClH/c22-18(23)14-11-12-5-1-2-6-13(12)21(14)9-3-8-16-19-17(20-24-16)15-7-4-10-25-15;/h4,7,10,12-14H,1-3,5-6,8-9,11H2,(H,22,23);1H. The maximum atomic E-state index is 11.6. The minimum atomic E-state index is -0.674. The number of carboxylic acid groups (broad SMARTS) is 1. The number of halogens is 1.